The summed E-state index contributed by atoms with van der Waals surface area (Å²) in [6, 6.07) is 19.5. The molecule has 10 nitrogen and oxygen atoms in total. The number of rotatable bonds is 6. The predicted molar refractivity (Wildman–Crippen MR) is 144 cm³/mol. The largest absolute Gasteiger partial charge is 0.465 e. The highest BCUT2D eigenvalue weighted by molar-refractivity contribution is 6.30. The first-order valence-electron chi connectivity index (χ1n) is 12.2. The second kappa shape index (κ2) is 10.3. The number of ether oxygens (including phenoxy) is 1. The van der Waals surface area contributed by atoms with E-state index in [0.717, 1.165) is 10.5 Å². The maximum atomic E-state index is 13.7. The molecule has 4 amide bonds. The van der Waals surface area contributed by atoms with Crippen LogP contribution < -0.4 is 15.5 Å². The zero-order valence-corrected chi connectivity index (χ0v) is 21.6. The first kappa shape index (κ1) is 26.1. The molecular formula is C28H25ClN4O6. The van der Waals surface area contributed by atoms with E-state index < -0.39 is 29.7 Å². The van der Waals surface area contributed by atoms with Crippen LogP contribution in [0.1, 0.15) is 21.5 Å². The zero-order valence-electron chi connectivity index (χ0n) is 20.9. The molecule has 1 spiro atoms. The van der Waals surface area contributed by atoms with Crippen molar-refractivity contribution < 1.29 is 29.0 Å². The fourth-order valence-electron chi connectivity index (χ4n) is 4.79. The second-order valence-electron chi connectivity index (χ2n) is 9.50. The van der Waals surface area contributed by atoms with E-state index in [0.29, 0.717) is 22.0 Å². The number of anilines is 2. The number of hydrogen-bond acceptors (Lipinski definition) is 5. The molecule has 39 heavy (non-hydrogen) atoms. The molecule has 11 heteroatoms. The molecule has 3 N–H and O–H groups in total. The number of likely N-dealkylation sites (tertiary alicyclic amines) is 1. The van der Waals surface area contributed by atoms with E-state index in [2.05, 4.69) is 10.6 Å². The van der Waals surface area contributed by atoms with Crippen molar-refractivity contribution in [1.29, 1.82) is 0 Å². The highest BCUT2D eigenvalue weighted by Gasteiger charge is 2.54. The van der Waals surface area contributed by atoms with Gasteiger partial charge in [0, 0.05) is 35.3 Å². The van der Waals surface area contributed by atoms with E-state index in [1.54, 1.807) is 23.1 Å². The number of nitrogens with zero attached hydrogens (tertiary/aromatic N) is 2. The standard InChI is InChI=1S/C28H25ClN4O6/c1-32(27(37)38)20-10-7-18(8-11-20)24(34)30-23(13-17-5-3-2-4-6-17)25(35)33-15-28(16-33)21-14-19(29)9-12-22(21)31-26(36)39-28/h2-12,14,23H,13,15-16H2,1H3,(H,30,34)(H,31,36)(H,37,38)/t23-/m0/s1. The van der Waals surface area contributed by atoms with Gasteiger partial charge in [0.15, 0.2) is 5.60 Å². The summed E-state index contributed by atoms with van der Waals surface area (Å²) in [5, 5.41) is 15.1. The van der Waals surface area contributed by atoms with Gasteiger partial charge in [0.1, 0.15) is 6.04 Å². The van der Waals surface area contributed by atoms with Gasteiger partial charge in [-0.05, 0) is 48.0 Å². The molecule has 200 valence electrons. The molecule has 2 aliphatic heterocycles. The Labute approximate surface area is 229 Å². The number of benzene rings is 3. The molecule has 5 rings (SSSR count). The number of fused-ring (bicyclic) bond motifs is 2. The Kier molecular flexibility index (Phi) is 6.88. The Bertz CT molecular complexity index is 1440. The maximum absolute atomic E-state index is 13.7. The van der Waals surface area contributed by atoms with Crippen molar-refractivity contribution in [3.8, 4) is 0 Å². The summed E-state index contributed by atoms with van der Waals surface area (Å²) in [6.07, 6.45) is -1.49. The third-order valence-corrected chi connectivity index (χ3v) is 7.13. The first-order valence-corrected chi connectivity index (χ1v) is 12.5. The highest BCUT2D eigenvalue weighted by atomic mass is 35.5. The van der Waals surface area contributed by atoms with Crippen molar-refractivity contribution in [3.63, 3.8) is 0 Å². The topological polar surface area (TPSA) is 128 Å². The van der Waals surface area contributed by atoms with Crippen LogP contribution in [-0.4, -0.2) is 60.2 Å². The molecule has 3 aromatic carbocycles. The molecule has 1 fully saturated rings. The van der Waals surface area contributed by atoms with Gasteiger partial charge in [-0.2, -0.15) is 0 Å². The third-order valence-electron chi connectivity index (χ3n) is 6.89. The summed E-state index contributed by atoms with van der Waals surface area (Å²) < 4.78 is 5.63. The Morgan fingerprint density at radius 3 is 2.46 bits per heavy atom. The zero-order chi connectivity index (χ0) is 27.7. The van der Waals surface area contributed by atoms with Crippen molar-refractivity contribution in [3.05, 3.63) is 94.5 Å². The van der Waals surface area contributed by atoms with Crippen LogP contribution >= 0.6 is 11.6 Å². The lowest BCUT2D eigenvalue weighted by Crippen LogP contribution is -2.67. The Balaban J connectivity index is 1.35. The van der Waals surface area contributed by atoms with Crippen LogP contribution in [0.15, 0.2) is 72.8 Å². The molecule has 0 unspecified atom stereocenters. The van der Waals surface area contributed by atoms with E-state index >= 15 is 0 Å². The first-order chi connectivity index (χ1) is 18.6. The molecule has 1 atom stereocenters. The molecule has 0 saturated carbocycles. The van der Waals surface area contributed by atoms with Crippen LogP contribution in [0.4, 0.5) is 21.0 Å². The number of nitrogens with one attached hydrogen (secondary N) is 2. The van der Waals surface area contributed by atoms with Crippen LogP contribution in [0.25, 0.3) is 0 Å². The van der Waals surface area contributed by atoms with Gasteiger partial charge >= 0.3 is 12.2 Å². The van der Waals surface area contributed by atoms with Crippen molar-refractivity contribution in [2.24, 2.45) is 0 Å². The van der Waals surface area contributed by atoms with Gasteiger partial charge in [-0.1, -0.05) is 41.9 Å². The van der Waals surface area contributed by atoms with Gasteiger partial charge < -0.3 is 20.1 Å². The van der Waals surface area contributed by atoms with Gasteiger partial charge in [0.2, 0.25) is 5.91 Å². The molecule has 0 aromatic heterocycles. The minimum absolute atomic E-state index is 0.115. The summed E-state index contributed by atoms with van der Waals surface area (Å²) in [7, 11) is 1.40. The fourth-order valence-corrected chi connectivity index (χ4v) is 4.96. The number of carbonyl (C=O) groups excluding carboxylic acids is 3. The maximum Gasteiger partial charge on any atom is 0.412 e. The lowest BCUT2D eigenvalue weighted by Gasteiger charge is -2.51. The van der Waals surface area contributed by atoms with E-state index in [-0.39, 0.29) is 31.0 Å². The Hall–Kier alpha value is -4.57. The molecule has 0 radical (unpaired) electrons. The Morgan fingerprint density at radius 2 is 1.79 bits per heavy atom. The molecule has 2 aliphatic rings. The van der Waals surface area contributed by atoms with E-state index in [4.69, 9.17) is 21.4 Å². The smallest absolute Gasteiger partial charge is 0.412 e. The monoisotopic (exact) mass is 548 g/mol. The molecule has 0 bridgehead atoms. The molecule has 3 aromatic rings. The van der Waals surface area contributed by atoms with Crippen LogP contribution in [0, 0.1) is 0 Å². The highest BCUT2D eigenvalue weighted by Crippen LogP contribution is 2.44. The number of carboxylic acid groups (broad SMARTS) is 1. The SMILES string of the molecule is CN(C(=O)O)c1ccc(C(=O)N[C@@H](Cc2ccccc2)C(=O)N2CC3(C2)OC(=O)Nc2ccc(Cl)cc23)cc1. The third kappa shape index (κ3) is 5.23. The van der Waals surface area contributed by atoms with Crippen LogP contribution in [0.2, 0.25) is 5.02 Å². The summed E-state index contributed by atoms with van der Waals surface area (Å²) in [5.74, 6) is -0.798. The van der Waals surface area contributed by atoms with Crippen molar-refractivity contribution in [2.45, 2.75) is 18.1 Å². The van der Waals surface area contributed by atoms with Gasteiger partial charge in [-0.3, -0.25) is 19.8 Å². The Morgan fingerprint density at radius 1 is 1.10 bits per heavy atom. The number of amides is 4. The summed E-state index contributed by atoms with van der Waals surface area (Å²) in [4.78, 5) is 52.8. The van der Waals surface area contributed by atoms with E-state index in [9.17, 15) is 19.2 Å². The summed E-state index contributed by atoms with van der Waals surface area (Å²) >= 11 is 6.19. The van der Waals surface area contributed by atoms with Crippen molar-refractivity contribution >= 4 is 47.0 Å². The van der Waals surface area contributed by atoms with Gasteiger partial charge in [0.25, 0.3) is 5.91 Å². The summed E-state index contributed by atoms with van der Waals surface area (Å²) in [5.41, 5.74) is 1.78. The van der Waals surface area contributed by atoms with Crippen LogP contribution in [0.5, 0.6) is 0 Å². The van der Waals surface area contributed by atoms with Gasteiger partial charge in [0.05, 0.1) is 18.8 Å². The fraction of sp³-hybridized carbons (Fsp3) is 0.214. The van der Waals surface area contributed by atoms with Gasteiger partial charge in [-0.15, -0.1) is 0 Å². The quantitative estimate of drug-likeness (QED) is 0.425. The van der Waals surface area contributed by atoms with Crippen LogP contribution in [0.3, 0.4) is 0 Å². The van der Waals surface area contributed by atoms with E-state index in [1.165, 1.54) is 31.3 Å². The average molecular weight is 549 g/mol. The number of hydrogen-bond donors (Lipinski definition) is 3. The molecular weight excluding hydrogens is 524 g/mol. The lowest BCUT2D eigenvalue weighted by molar-refractivity contribution is -0.159. The molecule has 2 heterocycles. The number of halogens is 1. The van der Waals surface area contributed by atoms with Gasteiger partial charge in [-0.25, -0.2) is 9.59 Å². The summed E-state index contributed by atoms with van der Waals surface area (Å²) in [6.45, 7) is 0.230. The van der Waals surface area contributed by atoms with Crippen molar-refractivity contribution in [1.82, 2.24) is 10.2 Å². The second-order valence-corrected chi connectivity index (χ2v) is 9.93. The van der Waals surface area contributed by atoms with Crippen molar-refractivity contribution in [2.75, 3.05) is 30.4 Å². The average Bonchev–Trinajstić information content (AvgIpc) is 2.91. The minimum Gasteiger partial charge on any atom is -0.465 e. The number of carbonyl (C=O) groups is 4. The van der Waals surface area contributed by atoms with Crippen LogP contribution in [-0.2, 0) is 21.6 Å². The lowest BCUT2D eigenvalue weighted by atomic mass is 9.83. The molecule has 0 aliphatic carbocycles. The van der Waals surface area contributed by atoms with E-state index in [1.807, 2.05) is 30.3 Å². The minimum atomic E-state index is -1.13. The predicted octanol–water partition coefficient (Wildman–Crippen LogP) is 4.10. The molecule has 1 saturated heterocycles. The normalized spacial score (nSPS) is 15.7.